The van der Waals surface area contributed by atoms with Crippen molar-refractivity contribution in [2.75, 3.05) is 19.8 Å². The summed E-state index contributed by atoms with van der Waals surface area (Å²) in [6, 6.07) is 12.2. The second kappa shape index (κ2) is 6.79. The maximum Gasteiger partial charge on any atom is 0.257 e. The van der Waals surface area contributed by atoms with Crippen LogP contribution in [0.2, 0.25) is 0 Å². The quantitative estimate of drug-likeness (QED) is 0.852. The lowest BCUT2D eigenvalue weighted by Crippen LogP contribution is -2.42. The second-order valence-corrected chi connectivity index (χ2v) is 5.64. The van der Waals surface area contributed by atoms with Crippen molar-refractivity contribution in [2.24, 2.45) is 0 Å². The summed E-state index contributed by atoms with van der Waals surface area (Å²) >= 11 is 0. The zero-order chi connectivity index (χ0) is 15.4. The molecule has 2 aromatic rings. The van der Waals surface area contributed by atoms with Gasteiger partial charge in [0.15, 0.2) is 0 Å². The average molecular weight is 299 g/mol. The molecule has 116 valence electrons. The van der Waals surface area contributed by atoms with E-state index in [0.717, 1.165) is 19.4 Å². The molecular formula is C18H21NO3. The number of furan rings is 1. The number of benzene rings is 1. The van der Waals surface area contributed by atoms with Gasteiger partial charge >= 0.3 is 0 Å². The largest absolute Gasteiger partial charge is 0.469 e. The van der Waals surface area contributed by atoms with Gasteiger partial charge in [-0.1, -0.05) is 30.3 Å². The Labute approximate surface area is 130 Å². The van der Waals surface area contributed by atoms with Crippen LogP contribution in [-0.2, 0) is 11.2 Å². The topological polar surface area (TPSA) is 42.7 Å². The van der Waals surface area contributed by atoms with Crippen molar-refractivity contribution in [3.05, 3.63) is 59.5 Å². The molecule has 1 amide bonds. The maximum absolute atomic E-state index is 12.8. The molecule has 0 saturated carbocycles. The molecule has 1 atom stereocenters. The summed E-state index contributed by atoms with van der Waals surface area (Å²) in [4.78, 5) is 14.8. The van der Waals surface area contributed by atoms with Gasteiger partial charge in [0.05, 0.1) is 24.5 Å². The van der Waals surface area contributed by atoms with Crippen molar-refractivity contribution in [3.63, 3.8) is 0 Å². The highest BCUT2D eigenvalue weighted by Crippen LogP contribution is 2.19. The predicted octanol–water partition coefficient (Wildman–Crippen LogP) is 3.06. The molecule has 1 aromatic heterocycles. The third kappa shape index (κ3) is 3.22. The standard InChI is InChI=1S/C18H21NO3/c1-14-17(9-12-22-14)18(20)19(16-8-11-21-13-16)10-7-15-5-3-2-4-6-15/h2-6,9,12,16H,7-8,10-11,13H2,1H3/t16-/m0/s1. The Morgan fingerprint density at radius 2 is 2.09 bits per heavy atom. The van der Waals surface area contributed by atoms with E-state index >= 15 is 0 Å². The van der Waals surface area contributed by atoms with Crippen molar-refractivity contribution < 1.29 is 13.9 Å². The zero-order valence-corrected chi connectivity index (χ0v) is 12.8. The van der Waals surface area contributed by atoms with Gasteiger partial charge in [0, 0.05) is 13.2 Å². The number of carbonyl (C=O) groups is 1. The molecular weight excluding hydrogens is 278 g/mol. The van der Waals surface area contributed by atoms with E-state index in [-0.39, 0.29) is 11.9 Å². The SMILES string of the molecule is Cc1occc1C(=O)N(CCc1ccccc1)[C@H]1CCOC1. The van der Waals surface area contributed by atoms with Crippen LogP contribution in [0, 0.1) is 6.92 Å². The Morgan fingerprint density at radius 1 is 1.27 bits per heavy atom. The first-order valence-corrected chi connectivity index (χ1v) is 7.72. The van der Waals surface area contributed by atoms with E-state index in [9.17, 15) is 4.79 Å². The van der Waals surface area contributed by atoms with Crippen LogP contribution in [0.5, 0.6) is 0 Å². The molecule has 1 aromatic carbocycles. The number of amides is 1. The Hall–Kier alpha value is -2.07. The fraction of sp³-hybridized carbons (Fsp3) is 0.389. The van der Waals surface area contributed by atoms with Gasteiger partial charge in [-0.3, -0.25) is 4.79 Å². The molecule has 1 fully saturated rings. The summed E-state index contributed by atoms with van der Waals surface area (Å²) < 4.78 is 10.8. The number of hydrogen-bond donors (Lipinski definition) is 0. The van der Waals surface area contributed by atoms with Crippen LogP contribution in [0.4, 0.5) is 0 Å². The highest BCUT2D eigenvalue weighted by Gasteiger charge is 2.29. The Morgan fingerprint density at radius 3 is 2.73 bits per heavy atom. The monoisotopic (exact) mass is 299 g/mol. The summed E-state index contributed by atoms with van der Waals surface area (Å²) in [5, 5.41) is 0. The fourth-order valence-electron chi connectivity index (χ4n) is 2.87. The molecule has 3 rings (SSSR count). The third-order valence-electron chi connectivity index (χ3n) is 4.18. The Bertz CT molecular complexity index is 614. The molecule has 0 spiro atoms. The Balaban J connectivity index is 1.75. The van der Waals surface area contributed by atoms with Crippen molar-refractivity contribution in [3.8, 4) is 0 Å². The molecule has 4 nitrogen and oxygen atoms in total. The van der Waals surface area contributed by atoms with Crippen LogP contribution in [0.15, 0.2) is 47.1 Å². The number of carbonyl (C=O) groups excluding carboxylic acids is 1. The first kappa shape index (κ1) is 14.9. The van der Waals surface area contributed by atoms with Gasteiger partial charge in [-0.15, -0.1) is 0 Å². The lowest BCUT2D eigenvalue weighted by molar-refractivity contribution is 0.0654. The molecule has 0 radical (unpaired) electrons. The van der Waals surface area contributed by atoms with E-state index in [0.29, 0.717) is 24.5 Å². The normalized spacial score (nSPS) is 17.6. The van der Waals surface area contributed by atoms with Crippen LogP contribution in [-0.4, -0.2) is 36.6 Å². The number of aryl methyl sites for hydroxylation is 1. The van der Waals surface area contributed by atoms with Gasteiger partial charge < -0.3 is 14.1 Å². The van der Waals surface area contributed by atoms with Crippen LogP contribution in [0.1, 0.15) is 28.1 Å². The molecule has 1 aliphatic heterocycles. The van der Waals surface area contributed by atoms with E-state index in [4.69, 9.17) is 9.15 Å². The van der Waals surface area contributed by atoms with E-state index in [2.05, 4.69) is 12.1 Å². The van der Waals surface area contributed by atoms with Crippen LogP contribution in [0.25, 0.3) is 0 Å². The molecule has 0 aliphatic carbocycles. The molecule has 0 N–H and O–H groups in total. The highest BCUT2D eigenvalue weighted by atomic mass is 16.5. The third-order valence-corrected chi connectivity index (χ3v) is 4.18. The average Bonchev–Trinajstić information content (AvgIpc) is 3.20. The lowest BCUT2D eigenvalue weighted by Gasteiger charge is -2.28. The van der Waals surface area contributed by atoms with Crippen LogP contribution in [0.3, 0.4) is 0 Å². The fourth-order valence-corrected chi connectivity index (χ4v) is 2.87. The van der Waals surface area contributed by atoms with E-state index in [1.807, 2.05) is 30.0 Å². The molecule has 1 aliphatic rings. The van der Waals surface area contributed by atoms with Gasteiger partial charge in [-0.2, -0.15) is 0 Å². The summed E-state index contributed by atoms with van der Waals surface area (Å²) in [6.07, 6.45) is 3.32. The van der Waals surface area contributed by atoms with Gasteiger partial charge in [0.2, 0.25) is 0 Å². The minimum absolute atomic E-state index is 0.0395. The number of nitrogens with zero attached hydrogens (tertiary/aromatic N) is 1. The number of rotatable bonds is 5. The van der Waals surface area contributed by atoms with Gasteiger partial charge in [0.1, 0.15) is 5.76 Å². The Kier molecular flexibility index (Phi) is 4.59. The van der Waals surface area contributed by atoms with E-state index in [1.165, 1.54) is 5.56 Å². The minimum atomic E-state index is 0.0395. The van der Waals surface area contributed by atoms with E-state index < -0.39 is 0 Å². The molecule has 2 heterocycles. The van der Waals surface area contributed by atoms with Crippen molar-refractivity contribution >= 4 is 5.91 Å². The number of hydrogen-bond acceptors (Lipinski definition) is 3. The van der Waals surface area contributed by atoms with Crippen LogP contribution < -0.4 is 0 Å². The van der Waals surface area contributed by atoms with Gasteiger partial charge in [-0.25, -0.2) is 0 Å². The summed E-state index contributed by atoms with van der Waals surface area (Å²) in [5.41, 5.74) is 1.89. The minimum Gasteiger partial charge on any atom is -0.469 e. The summed E-state index contributed by atoms with van der Waals surface area (Å²) in [5.74, 6) is 0.714. The molecule has 1 saturated heterocycles. The zero-order valence-electron chi connectivity index (χ0n) is 12.8. The van der Waals surface area contributed by atoms with E-state index in [1.54, 1.807) is 12.3 Å². The maximum atomic E-state index is 12.8. The van der Waals surface area contributed by atoms with Gasteiger partial charge in [0.25, 0.3) is 5.91 Å². The molecule has 22 heavy (non-hydrogen) atoms. The molecule has 4 heteroatoms. The van der Waals surface area contributed by atoms with Crippen molar-refractivity contribution in [1.29, 1.82) is 0 Å². The lowest BCUT2D eigenvalue weighted by atomic mass is 10.1. The summed E-state index contributed by atoms with van der Waals surface area (Å²) in [6.45, 7) is 3.87. The molecule has 0 bridgehead atoms. The highest BCUT2D eigenvalue weighted by molar-refractivity contribution is 5.95. The second-order valence-electron chi connectivity index (χ2n) is 5.64. The van der Waals surface area contributed by atoms with Crippen LogP contribution >= 0.6 is 0 Å². The first-order valence-electron chi connectivity index (χ1n) is 7.72. The summed E-state index contributed by atoms with van der Waals surface area (Å²) in [7, 11) is 0. The smallest absolute Gasteiger partial charge is 0.257 e. The van der Waals surface area contributed by atoms with Crippen molar-refractivity contribution in [1.82, 2.24) is 4.90 Å². The van der Waals surface area contributed by atoms with Gasteiger partial charge in [-0.05, 0) is 31.4 Å². The first-order chi connectivity index (χ1) is 10.8. The predicted molar refractivity (Wildman–Crippen MR) is 83.9 cm³/mol. The van der Waals surface area contributed by atoms with Crippen molar-refractivity contribution in [2.45, 2.75) is 25.8 Å². The number of ether oxygens (including phenoxy) is 1. The molecule has 0 unspecified atom stereocenters.